The summed E-state index contributed by atoms with van der Waals surface area (Å²) in [5.74, 6) is 3.98. The SMILES string of the molecule is C=C(C(CS)CCCc1ccc(OCC2CCN(CC)CC2)cc1)N1CCC(C)CC1. The molecule has 0 aliphatic carbocycles. The van der Waals surface area contributed by atoms with Gasteiger partial charge in [-0.15, -0.1) is 0 Å². The molecule has 0 saturated carbocycles. The van der Waals surface area contributed by atoms with Gasteiger partial charge in [-0.25, -0.2) is 0 Å². The monoisotopic (exact) mass is 444 g/mol. The molecule has 0 bridgehead atoms. The maximum absolute atomic E-state index is 6.09. The molecule has 0 spiro atoms. The van der Waals surface area contributed by atoms with E-state index in [9.17, 15) is 0 Å². The van der Waals surface area contributed by atoms with Crippen molar-refractivity contribution in [2.45, 2.75) is 58.8 Å². The number of benzene rings is 1. The Bertz CT molecular complexity index is 646. The third kappa shape index (κ3) is 7.75. The smallest absolute Gasteiger partial charge is 0.119 e. The summed E-state index contributed by atoms with van der Waals surface area (Å²) in [6.45, 7) is 15.9. The lowest BCUT2D eigenvalue weighted by Gasteiger charge is -2.36. The Labute approximate surface area is 196 Å². The van der Waals surface area contributed by atoms with Crippen LogP contribution in [0.5, 0.6) is 5.75 Å². The second-order valence-corrected chi connectivity index (χ2v) is 10.1. The van der Waals surface area contributed by atoms with Gasteiger partial charge < -0.3 is 14.5 Å². The number of ether oxygens (including phenoxy) is 1. The van der Waals surface area contributed by atoms with E-state index in [1.165, 1.54) is 82.5 Å². The highest BCUT2D eigenvalue weighted by atomic mass is 32.1. The number of hydrogen-bond donors (Lipinski definition) is 1. The molecule has 2 aliphatic heterocycles. The van der Waals surface area contributed by atoms with E-state index in [4.69, 9.17) is 4.74 Å². The highest BCUT2D eigenvalue weighted by Gasteiger charge is 2.21. The standard InChI is InChI=1S/C27H44N2OS/c1-4-28-16-14-25(15-17-28)20-30-27-10-8-24(9-11-27)6-5-7-26(21-31)23(3)29-18-12-22(2)13-19-29/h8-11,22,25-26,31H,3-7,12-21H2,1-2H3. The van der Waals surface area contributed by atoms with Crippen LogP contribution in [0.3, 0.4) is 0 Å². The summed E-state index contributed by atoms with van der Waals surface area (Å²) in [5.41, 5.74) is 2.72. The van der Waals surface area contributed by atoms with Crippen molar-refractivity contribution in [3.63, 3.8) is 0 Å². The number of nitrogens with zero attached hydrogens (tertiary/aromatic N) is 2. The summed E-state index contributed by atoms with van der Waals surface area (Å²) >= 11 is 4.64. The van der Waals surface area contributed by atoms with E-state index in [0.717, 1.165) is 30.4 Å². The van der Waals surface area contributed by atoms with Crippen LogP contribution in [-0.4, -0.2) is 54.9 Å². The van der Waals surface area contributed by atoms with Gasteiger partial charge in [0.25, 0.3) is 0 Å². The number of likely N-dealkylation sites (tertiary alicyclic amines) is 2. The lowest BCUT2D eigenvalue weighted by molar-refractivity contribution is 0.146. The van der Waals surface area contributed by atoms with Crippen LogP contribution in [-0.2, 0) is 6.42 Å². The Morgan fingerprint density at radius 1 is 1.10 bits per heavy atom. The Kier molecular flexibility index (Phi) is 10.1. The van der Waals surface area contributed by atoms with Crippen molar-refractivity contribution in [3.05, 3.63) is 42.1 Å². The molecule has 3 rings (SSSR count). The van der Waals surface area contributed by atoms with Crippen molar-refractivity contribution in [3.8, 4) is 5.75 Å². The summed E-state index contributed by atoms with van der Waals surface area (Å²) in [4.78, 5) is 5.05. The van der Waals surface area contributed by atoms with Crippen molar-refractivity contribution in [1.29, 1.82) is 0 Å². The van der Waals surface area contributed by atoms with Gasteiger partial charge in [0.1, 0.15) is 5.75 Å². The molecule has 31 heavy (non-hydrogen) atoms. The molecule has 2 fully saturated rings. The molecule has 174 valence electrons. The summed E-state index contributed by atoms with van der Waals surface area (Å²) < 4.78 is 6.09. The molecule has 0 radical (unpaired) electrons. The Morgan fingerprint density at radius 3 is 2.39 bits per heavy atom. The van der Waals surface area contributed by atoms with E-state index in [1.807, 2.05) is 0 Å². The zero-order valence-corrected chi connectivity index (χ0v) is 20.8. The first-order valence-corrected chi connectivity index (χ1v) is 13.2. The fourth-order valence-corrected chi connectivity index (χ4v) is 5.30. The normalized spacial score (nSPS) is 20.0. The summed E-state index contributed by atoms with van der Waals surface area (Å²) in [7, 11) is 0. The molecule has 1 unspecified atom stereocenters. The lowest BCUT2D eigenvalue weighted by atomic mass is 9.94. The molecule has 0 aromatic heterocycles. The highest BCUT2D eigenvalue weighted by molar-refractivity contribution is 7.80. The average Bonchev–Trinajstić information content (AvgIpc) is 2.81. The number of hydrogen-bond acceptors (Lipinski definition) is 4. The van der Waals surface area contributed by atoms with E-state index in [0.29, 0.717) is 11.8 Å². The third-order valence-electron chi connectivity index (χ3n) is 7.46. The Morgan fingerprint density at radius 2 is 1.77 bits per heavy atom. The minimum atomic E-state index is 0.499. The van der Waals surface area contributed by atoms with Crippen LogP contribution in [0.2, 0.25) is 0 Å². The predicted octanol–water partition coefficient (Wildman–Crippen LogP) is 5.91. The summed E-state index contributed by atoms with van der Waals surface area (Å²) in [5, 5.41) is 0. The molecular weight excluding hydrogens is 400 g/mol. The summed E-state index contributed by atoms with van der Waals surface area (Å²) in [6.07, 6.45) is 8.59. The second-order valence-electron chi connectivity index (χ2n) is 9.77. The Hall–Kier alpha value is -1.13. The van der Waals surface area contributed by atoms with Crippen LogP contribution in [0.25, 0.3) is 0 Å². The molecule has 0 N–H and O–H groups in total. The molecule has 2 aliphatic rings. The quantitative estimate of drug-likeness (QED) is 0.427. The molecule has 1 atom stereocenters. The molecule has 3 nitrogen and oxygen atoms in total. The van der Waals surface area contributed by atoms with Gasteiger partial charge in [0.05, 0.1) is 6.61 Å². The molecule has 2 heterocycles. The zero-order valence-electron chi connectivity index (χ0n) is 19.9. The average molecular weight is 445 g/mol. The zero-order chi connectivity index (χ0) is 22.1. The molecule has 0 amide bonds. The first-order chi connectivity index (χ1) is 15.1. The first kappa shape index (κ1) is 24.5. The minimum Gasteiger partial charge on any atom is -0.493 e. The molecule has 4 heteroatoms. The van der Waals surface area contributed by atoms with E-state index in [1.54, 1.807) is 0 Å². The number of allylic oxidation sites excluding steroid dienone is 1. The van der Waals surface area contributed by atoms with Crippen molar-refractivity contribution in [2.75, 3.05) is 45.1 Å². The van der Waals surface area contributed by atoms with E-state index < -0.39 is 0 Å². The highest BCUT2D eigenvalue weighted by Crippen LogP contribution is 2.27. The fraction of sp³-hybridized carbons (Fsp3) is 0.704. The van der Waals surface area contributed by atoms with Crippen LogP contribution in [0.1, 0.15) is 57.9 Å². The van der Waals surface area contributed by atoms with E-state index in [2.05, 4.69) is 67.1 Å². The maximum Gasteiger partial charge on any atom is 0.119 e. The molecule has 2 saturated heterocycles. The van der Waals surface area contributed by atoms with Gasteiger partial charge in [0.2, 0.25) is 0 Å². The van der Waals surface area contributed by atoms with Gasteiger partial charge in [0.15, 0.2) is 0 Å². The van der Waals surface area contributed by atoms with Crippen LogP contribution >= 0.6 is 12.6 Å². The Balaban J connectivity index is 1.36. The van der Waals surface area contributed by atoms with Crippen molar-refractivity contribution < 1.29 is 4.74 Å². The second kappa shape index (κ2) is 12.8. The van der Waals surface area contributed by atoms with E-state index >= 15 is 0 Å². The topological polar surface area (TPSA) is 15.7 Å². The van der Waals surface area contributed by atoms with Gasteiger partial charge >= 0.3 is 0 Å². The van der Waals surface area contributed by atoms with Crippen LogP contribution in [0, 0.1) is 17.8 Å². The first-order valence-electron chi connectivity index (χ1n) is 12.6. The lowest BCUT2D eigenvalue weighted by Crippen LogP contribution is -2.35. The van der Waals surface area contributed by atoms with Crippen LogP contribution < -0.4 is 4.74 Å². The van der Waals surface area contributed by atoms with Crippen molar-refractivity contribution in [2.24, 2.45) is 17.8 Å². The van der Waals surface area contributed by atoms with E-state index in [-0.39, 0.29) is 0 Å². The van der Waals surface area contributed by atoms with Crippen LogP contribution in [0.4, 0.5) is 0 Å². The predicted molar refractivity (Wildman–Crippen MR) is 136 cm³/mol. The van der Waals surface area contributed by atoms with Gasteiger partial charge in [-0.2, -0.15) is 12.6 Å². The minimum absolute atomic E-state index is 0.499. The fourth-order valence-electron chi connectivity index (χ4n) is 4.91. The van der Waals surface area contributed by atoms with Crippen molar-refractivity contribution >= 4 is 12.6 Å². The third-order valence-corrected chi connectivity index (χ3v) is 7.90. The molecule has 1 aromatic rings. The van der Waals surface area contributed by atoms with Gasteiger partial charge in [-0.1, -0.05) is 32.6 Å². The number of piperidine rings is 2. The maximum atomic E-state index is 6.09. The van der Waals surface area contributed by atoms with Crippen LogP contribution in [0.15, 0.2) is 36.5 Å². The number of rotatable bonds is 11. The molecule has 1 aromatic carbocycles. The van der Waals surface area contributed by atoms with Gasteiger partial charge in [-0.3, -0.25) is 0 Å². The van der Waals surface area contributed by atoms with Gasteiger partial charge in [0, 0.05) is 24.7 Å². The number of thiol groups is 1. The number of aryl methyl sites for hydroxylation is 1. The van der Waals surface area contributed by atoms with Gasteiger partial charge in [-0.05, 0) is 99.9 Å². The summed E-state index contributed by atoms with van der Waals surface area (Å²) in [6, 6.07) is 8.79. The van der Waals surface area contributed by atoms with Crippen molar-refractivity contribution in [1.82, 2.24) is 9.80 Å². The molecular formula is C27H44N2OS. The largest absolute Gasteiger partial charge is 0.493 e.